The molecule has 3 aromatic carbocycles. The number of sulfone groups is 1. The monoisotopic (exact) mass is 660 g/mol. The van der Waals surface area contributed by atoms with E-state index in [2.05, 4.69) is 11.9 Å². The Labute approximate surface area is 267 Å². The number of hydrogen-bond acceptors (Lipinski definition) is 8. The van der Waals surface area contributed by atoms with Crippen molar-refractivity contribution in [3.05, 3.63) is 77.9 Å². The van der Waals surface area contributed by atoms with Crippen LogP contribution in [0.5, 0.6) is 17.2 Å². The molecule has 0 spiro atoms. The first-order chi connectivity index (χ1) is 21.1. The third kappa shape index (κ3) is 9.95. The Morgan fingerprint density at radius 3 is 2.00 bits per heavy atom. The van der Waals surface area contributed by atoms with Crippen LogP contribution < -0.4 is 14.2 Å². The lowest BCUT2D eigenvalue weighted by molar-refractivity contribution is 0.264. The van der Waals surface area contributed by atoms with E-state index in [1.165, 1.54) is 5.56 Å². The van der Waals surface area contributed by atoms with Crippen LogP contribution in [0.1, 0.15) is 37.3 Å². The number of aromatic nitrogens is 1. The maximum absolute atomic E-state index is 13.8. The van der Waals surface area contributed by atoms with Gasteiger partial charge >= 0.3 is 0 Å². The smallest absolute Gasteiger partial charge is 0.261 e. The number of methoxy groups -OCH3 is 2. The number of para-hydroxylation sites is 1. The van der Waals surface area contributed by atoms with E-state index in [1.807, 2.05) is 63.4 Å². The number of ether oxygens (including phenoxy) is 3. The molecule has 0 aliphatic rings. The topological polar surface area (TPSA) is 124 Å². The molecule has 246 valence electrons. The number of benzene rings is 3. The van der Waals surface area contributed by atoms with Crippen LogP contribution in [0.25, 0.3) is 10.9 Å². The van der Waals surface area contributed by atoms with Gasteiger partial charge in [0, 0.05) is 37.1 Å². The van der Waals surface area contributed by atoms with Crippen LogP contribution >= 0.6 is 0 Å². The zero-order valence-electron chi connectivity index (χ0n) is 27.0. The predicted octanol–water partition coefficient (Wildman–Crippen LogP) is 5.60. The Morgan fingerprint density at radius 1 is 0.867 bits per heavy atom. The van der Waals surface area contributed by atoms with E-state index in [0.29, 0.717) is 23.6 Å². The molecule has 10 nitrogen and oxygen atoms in total. The molecule has 1 heterocycles. The minimum Gasteiger partial charge on any atom is -0.497 e. The number of fused-ring (bicyclic) bond motifs is 1. The highest BCUT2D eigenvalue weighted by atomic mass is 32.2. The van der Waals surface area contributed by atoms with Crippen molar-refractivity contribution in [1.29, 1.82) is 0 Å². The van der Waals surface area contributed by atoms with E-state index in [-0.39, 0.29) is 10.8 Å². The van der Waals surface area contributed by atoms with Gasteiger partial charge in [0.25, 0.3) is 10.1 Å². The zero-order valence-corrected chi connectivity index (χ0v) is 28.6. The third-order valence-electron chi connectivity index (χ3n) is 7.20. The summed E-state index contributed by atoms with van der Waals surface area (Å²) in [5.74, 6) is 2.31. The van der Waals surface area contributed by atoms with Gasteiger partial charge in [-0.25, -0.2) is 8.42 Å². The molecule has 0 aliphatic carbocycles. The first-order valence-electron chi connectivity index (χ1n) is 14.5. The van der Waals surface area contributed by atoms with E-state index in [1.54, 1.807) is 43.1 Å². The minimum absolute atomic E-state index is 0.0648. The Hall–Kier alpha value is -3.58. The molecule has 0 atom stereocenters. The van der Waals surface area contributed by atoms with E-state index >= 15 is 0 Å². The standard InChI is InChI=1S/C32H40N2O5S.CH4O3S/c1-23(2)31-29-10-7-8-11-30(29)34(4)32(31)40(35,36)28-14-12-25(13-15-28)39-19-9-17-33(3)18-16-24-20-26(37-5)22-27(21-24)38-6;1-5(2,3)4/h7-8,10-15,20-23H,9,16-19H2,1-6H3;1H3,(H,2,3,4). The predicted molar refractivity (Wildman–Crippen MR) is 177 cm³/mol. The Kier molecular flexibility index (Phi) is 12.5. The van der Waals surface area contributed by atoms with Gasteiger partial charge in [0.1, 0.15) is 22.3 Å². The van der Waals surface area contributed by atoms with Crippen molar-refractivity contribution in [1.82, 2.24) is 9.47 Å². The quantitative estimate of drug-likeness (QED) is 0.144. The molecule has 1 aromatic heterocycles. The lowest BCUT2D eigenvalue weighted by Crippen LogP contribution is -2.23. The summed E-state index contributed by atoms with van der Waals surface area (Å²) < 4.78 is 71.8. The van der Waals surface area contributed by atoms with Crippen molar-refractivity contribution >= 4 is 30.9 Å². The lowest BCUT2D eigenvalue weighted by Gasteiger charge is -2.17. The summed E-state index contributed by atoms with van der Waals surface area (Å²) in [6, 6.07) is 20.5. The number of hydrogen-bond donors (Lipinski definition) is 1. The van der Waals surface area contributed by atoms with Crippen LogP contribution in [-0.2, 0) is 33.4 Å². The van der Waals surface area contributed by atoms with Crippen LogP contribution in [0.4, 0.5) is 0 Å². The highest BCUT2D eigenvalue weighted by molar-refractivity contribution is 7.91. The van der Waals surface area contributed by atoms with Gasteiger partial charge in [-0.3, -0.25) is 4.55 Å². The molecule has 0 bridgehead atoms. The van der Waals surface area contributed by atoms with Gasteiger partial charge in [-0.15, -0.1) is 0 Å². The molecule has 12 heteroatoms. The number of likely N-dealkylation sites (N-methyl/N-ethyl adjacent to an activating group) is 1. The van der Waals surface area contributed by atoms with Gasteiger partial charge in [0.15, 0.2) is 0 Å². The molecule has 0 saturated carbocycles. The van der Waals surface area contributed by atoms with Crippen molar-refractivity contribution in [2.24, 2.45) is 7.05 Å². The minimum atomic E-state index is -3.71. The zero-order chi connectivity index (χ0) is 33.4. The van der Waals surface area contributed by atoms with Crippen LogP contribution in [0.2, 0.25) is 0 Å². The number of rotatable bonds is 13. The summed E-state index contributed by atoms with van der Waals surface area (Å²) in [5.41, 5.74) is 2.93. The normalized spacial score (nSPS) is 11.9. The van der Waals surface area contributed by atoms with Crippen LogP contribution in [0.15, 0.2) is 76.7 Å². The van der Waals surface area contributed by atoms with Gasteiger partial charge in [0.2, 0.25) is 9.84 Å². The van der Waals surface area contributed by atoms with Crippen molar-refractivity contribution in [2.45, 2.75) is 42.5 Å². The lowest BCUT2D eigenvalue weighted by atomic mass is 10.0. The van der Waals surface area contributed by atoms with Gasteiger partial charge in [0.05, 0.1) is 32.0 Å². The van der Waals surface area contributed by atoms with Crippen molar-refractivity contribution in [2.75, 3.05) is 47.2 Å². The highest BCUT2D eigenvalue weighted by Gasteiger charge is 2.29. The van der Waals surface area contributed by atoms with Gasteiger partial charge in [-0.2, -0.15) is 8.42 Å². The molecule has 0 radical (unpaired) electrons. The van der Waals surface area contributed by atoms with E-state index in [0.717, 1.165) is 53.9 Å². The molecule has 0 fully saturated rings. The fourth-order valence-electron chi connectivity index (χ4n) is 5.08. The average Bonchev–Trinajstić information content (AvgIpc) is 3.30. The average molecular weight is 661 g/mol. The summed E-state index contributed by atoms with van der Waals surface area (Å²) in [6.07, 6.45) is 2.45. The molecular weight excluding hydrogens is 617 g/mol. The van der Waals surface area contributed by atoms with E-state index < -0.39 is 20.0 Å². The van der Waals surface area contributed by atoms with Gasteiger partial charge < -0.3 is 23.7 Å². The van der Waals surface area contributed by atoms with E-state index in [4.69, 9.17) is 18.8 Å². The van der Waals surface area contributed by atoms with Crippen molar-refractivity contribution in [3.63, 3.8) is 0 Å². The maximum atomic E-state index is 13.8. The van der Waals surface area contributed by atoms with Crippen LogP contribution in [0, 0.1) is 0 Å². The third-order valence-corrected chi connectivity index (χ3v) is 9.10. The second-order valence-electron chi connectivity index (χ2n) is 11.1. The summed E-state index contributed by atoms with van der Waals surface area (Å²) in [5, 5.41) is 1.33. The second-order valence-corrected chi connectivity index (χ2v) is 14.5. The summed E-state index contributed by atoms with van der Waals surface area (Å²) in [4.78, 5) is 2.53. The molecular formula is C33H44N2O8S2. The summed E-state index contributed by atoms with van der Waals surface area (Å²) >= 11 is 0. The molecule has 4 aromatic rings. The van der Waals surface area contributed by atoms with Crippen molar-refractivity contribution < 1.29 is 35.6 Å². The molecule has 1 N–H and O–H groups in total. The SMILES string of the molecule is COc1cc(CCN(C)CCCOc2ccc(S(=O)(=O)c3c(C(C)C)c4ccccc4n3C)cc2)cc(OC)c1.CS(=O)(=O)O. The number of nitrogens with zero attached hydrogens (tertiary/aromatic N) is 2. The van der Waals surface area contributed by atoms with Crippen LogP contribution in [0.3, 0.4) is 0 Å². The molecule has 45 heavy (non-hydrogen) atoms. The Bertz CT molecular complexity index is 1750. The largest absolute Gasteiger partial charge is 0.497 e. The number of aryl methyl sites for hydroxylation is 1. The van der Waals surface area contributed by atoms with Gasteiger partial charge in [-0.05, 0) is 79.4 Å². The molecule has 0 saturated heterocycles. The van der Waals surface area contributed by atoms with E-state index in [9.17, 15) is 16.8 Å². The fourth-order valence-corrected chi connectivity index (χ4v) is 6.89. The molecule has 0 amide bonds. The molecule has 4 rings (SSSR count). The maximum Gasteiger partial charge on any atom is 0.261 e. The molecule has 0 unspecified atom stereocenters. The van der Waals surface area contributed by atoms with Gasteiger partial charge in [-0.1, -0.05) is 32.0 Å². The summed E-state index contributed by atoms with van der Waals surface area (Å²) in [7, 11) is -0.150. The van der Waals surface area contributed by atoms with Crippen molar-refractivity contribution in [3.8, 4) is 17.2 Å². The second kappa shape index (κ2) is 15.6. The first-order valence-corrected chi connectivity index (χ1v) is 17.9. The summed E-state index contributed by atoms with van der Waals surface area (Å²) in [6.45, 7) is 6.39. The Morgan fingerprint density at radius 2 is 1.44 bits per heavy atom. The fraction of sp³-hybridized carbons (Fsp3) is 0.394. The first kappa shape index (κ1) is 35.9. The Balaban J connectivity index is 0.00000102. The van der Waals surface area contributed by atoms with Crippen LogP contribution in [-0.4, -0.2) is 78.1 Å². The highest BCUT2D eigenvalue weighted by Crippen LogP contribution is 2.37. The molecule has 0 aliphatic heterocycles.